The molecular weight excluding hydrogens is 208 g/mol. The number of thiophene rings is 1. The number of ether oxygens (including phenoxy) is 1. The van der Waals surface area contributed by atoms with Crippen molar-refractivity contribution in [1.29, 1.82) is 0 Å². The molecule has 1 aliphatic rings. The highest BCUT2D eigenvalue weighted by Gasteiger charge is 2.37. The second kappa shape index (κ2) is 4.24. The van der Waals surface area contributed by atoms with Gasteiger partial charge in [-0.25, -0.2) is 0 Å². The quantitative estimate of drug-likeness (QED) is 0.840. The SMILES string of the molecule is CCC1CC(O)(c2sccc2C)CCO1. The minimum Gasteiger partial charge on any atom is -0.384 e. The zero-order valence-electron chi connectivity index (χ0n) is 9.32. The Kier molecular flexibility index (Phi) is 3.14. The topological polar surface area (TPSA) is 29.5 Å². The van der Waals surface area contributed by atoms with Crippen molar-refractivity contribution < 1.29 is 9.84 Å². The van der Waals surface area contributed by atoms with Crippen LogP contribution in [-0.2, 0) is 10.3 Å². The lowest BCUT2D eigenvalue weighted by Crippen LogP contribution is -2.38. The van der Waals surface area contributed by atoms with Gasteiger partial charge < -0.3 is 9.84 Å². The molecule has 3 heteroatoms. The first kappa shape index (κ1) is 11.1. The lowest BCUT2D eigenvalue weighted by atomic mass is 9.86. The lowest BCUT2D eigenvalue weighted by Gasteiger charge is -2.36. The molecule has 0 aliphatic carbocycles. The molecule has 0 bridgehead atoms. The van der Waals surface area contributed by atoms with Crippen LogP contribution in [0.5, 0.6) is 0 Å². The van der Waals surface area contributed by atoms with Gasteiger partial charge in [-0.15, -0.1) is 11.3 Å². The fraction of sp³-hybridized carbons (Fsp3) is 0.667. The highest BCUT2D eigenvalue weighted by Crippen LogP contribution is 2.39. The van der Waals surface area contributed by atoms with Crippen molar-refractivity contribution in [1.82, 2.24) is 0 Å². The average molecular weight is 226 g/mol. The Morgan fingerprint density at radius 2 is 2.47 bits per heavy atom. The Labute approximate surface area is 94.9 Å². The van der Waals surface area contributed by atoms with Gasteiger partial charge in [-0.3, -0.25) is 0 Å². The van der Waals surface area contributed by atoms with Crippen molar-refractivity contribution in [2.75, 3.05) is 6.61 Å². The Bertz CT molecular complexity index is 334. The first-order chi connectivity index (χ1) is 7.15. The summed E-state index contributed by atoms with van der Waals surface area (Å²) >= 11 is 1.66. The van der Waals surface area contributed by atoms with Crippen LogP contribution < -0.4 is 0 Å². The molecule has 1 fully saturated rings. The predicted molar refractivity (Wildman–Crippen MR) is 62.2 cm³/mol. The van der Waals surface area contributed by atoms with E-state index in [1.807, 2.05) is 0 Å². The summed E-state index contributed by atoms with van der Waals surface area (Å²) in [5.74, 6) is 0. The number of hydrogen-bond donors (Lipinski definition) is 1. The van der Waals surface area contributed by atoms with Crippen LogP contribution in [0.15, 0.2) is 11.4 Å². The molecule has 0 radical (unpaired) electrons. The van der Waals surface area contributed by atoms with Crippen LogP contribution in [0.25, 0.3) is 0 Å². The molecule has 0 spiro atoms. The van der Waals surface area contributed by atoms with Gasteiger partial charge in [0, 0.05) is 17.7 Å². The van der Waals surface area contributed by atoms with Crippen molar-refractivity contribution in [3.63, 3.8) is 0 Å². The van der Waals surface area contributed by atoms with Crippen LogP contribution in [0.2, 0.25) is 0 Å². The number of rotatable bonds is 2. The molecule has 2 nitrogen and oxygen atoms in total. The largest absolute Gasteiger partial charge is 0.384 e. The minimum atomic E-state index is -0.642. The van der Waals surface area contributed by atoms with E-state index in [-0.39, 0.29) is 6.10 Å². The van der Waals surface area contributed by atoms with E-state index in [0.717, 1.165) is 24.1 Å². The summed E-state index contributed by atoms with van der Waals surface area (Å²) in [5.41, 5.74) is 0.566. The Morgan fingerprint density at radius 1 is 1.67 bits per heavy atom. The maximum absolute atomic E-state index is 10.6. The first-order valence-corrected chi connectivity index (χ1v) is 6.42. The van der Waals surface area contributed by atoms with Gasteiger partial charge in [0.2, 0.25) is 0 Å². The van der Waals surface area contributed by atoms with Crippen molar-refractivity contribution in [2.45, 2.75) is 44.8 Å². The minimum absolute atomic E-state index is 0.213. The normalized spacial score (nSPS) is 31.8. The Morgan fingerprint density at radius 3 is 3.07 bits per heavy atom. The molecule has 0 aromatic carbocycles. The van der Waals surface area contributed by atoms with E-state index in [1.165, 1.54) is 5.56 Å². The van der Waals surface area contributed by atoms with E-state index in [4.69, 9.17) is 4.74 Å². The fourth-order valence-corrected chi connectivity index (χ4v) is 3.32. The molecule has 1 N–H and O–H groups in total. The van der Waals surface area contributed by atoms with Crippen molar-refractivity contribution in [2.24, 2.45) is 0 Å². The summed E-state index contributed by atoms with van der Waals surface area (Å²) in [4.78, 5) is 1.13. The first-order valence-electron chi connectivity index (χ1n) is 5.54. The molecule has 15 heavy (non-hydrogen) atoms. The van der Waals surface area contributed by atoms with Gasteiger partial charge in [0.25, 0.3) is 0 Å². The monoisotopic (exact) mass is 226 g/mol. The molecule has 1 aliphatic heterocycles. The summed E-state index contributed by atoms with van der Waals surface area (Å²) in [6.45, 7) is 4.85. The molecule has 84 valence electrons. The van der Waals surface area contributed by atoms with E-state index < -0.39 is 5.60 Å². The van der Waals surface area contributed by atoms with Crippen molar-refractivity contribution >= 4 is 11.3 Å². The third-order valence-electron chi connectivity index (χ3n) is 3.17. The van der Waals surface area contributed by atoms with E-state index in [9.17, 15) is 5.11 Å². The second-order valence-electron chi connectivity index (χ2n) is 4.32. The van der Waals surface area contributed by atoms with Gasteiger partial charge in [-0.1, -0.05) is 6.92 Å². The molecule has 0 saturated carbocycles. The van der Waals surface area contributed by atoms with Gasteiger partial charge in [0.05, 0.1) is 12.7 Å². The van der Waals surface area contributed by atoms with Crippen molar-refractivity contribution in [3.05, 3.63) is 21.9 Å². The lowest BCUT2D eigenvalue weighted by molar-refractivity contribution is -0.107. The third-order valence-corrected chi connectivity index (χ3v) is 4.38. The van der Waals surface area contributed by atoms with Gasteiger partial charge in [-0.2, -0.15) is 0 Å². The summed E-state index contributed by atoms with van der Waals surface area (Å²) < 4.78 is 5.61. The number of hydrogen-bond acceptors (Lipinski definition) is 3. The highest BCUT2D eigenvalue weighted by molar-refractivity contribution is 7.10. The molecule has 1 saturated heterocycles. The maximum atomic E-state index is 10.6. The fourth-order valence-electron chi connectivity index (χ4n) is 2.25. The number of aryl methyl sites for hydroxylation is 1. The third kappa shape index (κ3) is 2.10. The maximum Gasteiger partial charge on any atom is 0.104 e. The molecule has 2 rings (SSSR count). The molecule has 2 atom stereocenters. The van der Waals surface area contributed by atoms with Crippen molar-refractivity contribution in [3.8, 4) is 0 Å². The molecular formula is C12H18O2S. The van der Waals surface area contributed by atoms with Crippen LogP contribution in [0.1, 0.15) is 36.6 Å². The van der Waals surface area contributed by atoms with Crippen LogP contribution in [0.4, 0.5) is 0 Å². The average Bonchev–Trinajstić information content (AvgIpc) is 2.65. The molecule has 2 unspecified atom stereocenters. The molecule has 1 aromatic heterocycles. The van der Waals surface area contributed by atoms with E-state index in [2.05, 4.69) is 25.3 Å². The van der Waals surface area contributed by atoms with Crippen LogP contribution >= 0.6 is 11.3 Å². The zero-order valence-corrected chi connectivity index (χ0v) is 10.1. The van der Waals surface area contributed by atoms with Gasteiger partial charge in [0.1, 0.15) is 5.60 Å². The summed E-state index contributed by atoms with van der Waals surface area (Å²) in [5, 5.41) is 12.7. The van der Waals surface area contributed by atoms with E-state index in [0.29, 0.717) is 6.61 Å². The van der Waals surface area contributed by atoms with Gasteiger partial charge in [-0.05, 0) is 30.4 Å². The predicted octanol–water partition coefficient (Wildman–Crippen LogP) is 2.83. The zero-order chi connectivity index (χ0) is 10.9. The molecule has 0 amide bonds. The standard InChI is InChI=1S/C12H18O2S/c1-3-10-8-12(13,5-6-14-10)11-9(2)4-7-15-11/h4,7,10,13H,3,5-6,8H2,1-2H3. The van der Waals surface area contributed by atoms with Crippen LogP contribution in [0, 0.1) is 6.92 Å². The van der Waals surface area contributed by atoms with Gasteiger partial charge >= 0.3 is 0 Å². The van der Waals surface area contributed by atoms with E-state index >= 15 is 0 Å². The molecule has 2 heterocycles. The smallest absolute Gasteiger partial charge is 0.104 e. The Balaban J connectivity index is 2.22. The Hall–Kier alpha value is -0.380. The van der Waals surface area contributed by atoms with Crippen LogP contribution in [0.3, 0.4) is 0 Å². The molecule has 1 aromatic rings. The summed E-state index contributed by atoms with van der Waals surface area (Å²) in [6, 6.07) is 2.08. The van der Waals surface area contributed by atoms with Gasteiger partial charge in [0.15, 0.2) is 0 Å². The summed E-state index contributed by atoms with van der Waals surface area (Å²) in [6.07, 6.45) is 2.66. The second-order valence-corrected chi connectivity index (χ2v) is 5.24. The highest BCUT2D eigenvalue weighted by atomic mass is 32.1. The van der Waals surface area contributed by atoms with E-state index in [1.54, 1.807) is 11.3 Å². The number of aliphatic hydroxyl groups is 1. The summed E-state index contributed by atoms with van der Waals surface area (Å²) in [7, 11) is 0. The van der Waals surface area contributed by atoms with Crippen LogP contribution in [-0.4, -0.2) is 17.8 Å².